The molecule has 0 N–H and O–H groups in total. The second-order valence-corrected chi connectivity index (χ2v) is 4.18. The van der Waals surface area contributed by atoms with E-state index in [9.17, 15) is 4.79 Å². The first-order valence-electron chi connectivity index (χ1n) is 5.83. The van der Waals surface area contributed by atoms with Crippen LogP contribution in [0.1, 0.15) is 30.8 Å². The Labute approximate surface area is 95.7 Å². The Morgan fingerprint density at radius 2 is 2.06 bits per heavy atom. The number of piperidine rings is 1. The molecule has 1 aliphatic heterocycles. The maximum absolute atomic E-state index is 10.5. The fourth-order valence-corrected chi connectivity index (χ4v) is 2.09. The molecule has 2 rings (SSSR count). The summed E-state index contributed by atoms with van der Waals surface area (Å²) in [6.45, 7) is 4.01. The molecule has 2 heterocycles. The van der Waals surface area contributed by atoms with E-state index in [-0.39, 0.29) is 0 Å². The number of rotatable bonds is 3. The quantitative estimate of drug-likeness (QED) is 0.723. The second kappa shape index (κ2) is 5.05. The van der Waals surface area contributed by atoms with Crippen LogP contribution in [0.3, 0.4) is 0 Å². The minimum atomic E-state index is 0.379. The Morgan fingerprint density at radius 1 is 1.31 bits per heavy atom. The van der Waals surface area contributed by atoms with E-state index in [1.54, 1.807) is 0 Å². The van der Waals surface area contributed by atoms with E-state index < -0.39 is 0 Å². The summed E-state index contributed by atoms with van der Waals surface area (Å²) in [4.78, 5) is 21.5. The van der Waals surface area contributed by atoms with Gasteiger partial charge in [0.2, 0.25) is 0 Å². The van der Waals surface area contributed by atoms with Crippen LogP contribution in [0.5, 0.6) is 0 Å². The van der Waals surface area contributed by atoms with Gasteiger partial charge in [0.25, 0.3) is 0 Å². The summed E-state index contributed by atoms with van der Waals surface area (Å²) in [5, 5.41) is 0. The van der Waals surface area contributed by atoms with Gasteiger partial charge in [-0.15, -0.1) is 0 Å². The van der Waals surface area contributed by atoms with Crippen molar-refractivity contribution in [2.45, 2.75) is 32.6 Å². The average Bonchev–Trinajstić information content (AvgIpc) is 2.30. The highest BCUT2D eigenvalue weighted by Gasteiger charge is 2.13. The molecule has 0 aliphatic carbocycles. The Bertz CT molecular complexity index is 373. The number of carbonyl (C=O) groups is 1. The summed E-state index contributed by atoms with van der Waals surface area (Å²) >= 11 is 0. The van der Waals surface area contributed by atoms with Gasteiger partial charge in [-0.25, -0.2) is 9.97 Å². The second-order valence-electron chi connectivity index (χ2n) is 4.18. The molecule has 0 unspecified atom stereocenters. The third-order valence-corrected chi connectivity index (χ3v) is 2.85. The van der Waals surface area contributed by atoms with E-state index >= 15 is 0 Å². The minimum absolute atomic E-state index is 0.379. The Kier molecular flexibility index (Phi) is 3.49. The van der Waals surface area contributed by atoms with Crippen molar-refractivity contribution >= 4 is 12.1 Å². The average molecular weight is 219 g/mol. The van der Waals surface area contributed by atoms with Crippen molar-refractivity contribution in [1.29, 1.82) is 0 Å². The number of hydrogen-bond donors (Lipinski definition) is 0. The number of nitrogens with zero attached hydrogens (tertiary/aromatic N) is 3. The van der Waals surface area contributed by atoms with Crippen LogP contribution in [-0.4, -0.2) is 29.3 Å². The molecule has 4 nitrogen and oxygen atoms in total. The van der Waals surface area contributed by atoms with Gasteiger partial charge in [0.1, 0.15) is 17.9 Å². The number of anilines is 1. The smallest absolute Gasteiger partial charge is 0.132 e. The summed E-state index contributed by atoms with van der Waals surface area (Å²) < 4.78 is 0. The van der Waals surface area contributed by atoms with Gasteiger partial charge in [0, 0.05) is 25.6 Å². The molecule has 0 amide bonds. The van der Waals surface area contributed by atoms with Crippen molar-refractivity contribution in [2.75, 3.05) is 18.0 Å². The minimum Gasteiger partial charge on any atom is -0.357 e. The normalized spacial score (nSPS) is 16.2. The molecule has 0 aromatic carbocycles. The lowest BCUT2D eigenvalue weighted by Crippen LogP contribution is -2.30. The molecule has 1 aromatic rings. The number of aldehydes is 1. The van der Waals surface area contributed by atoms with E-state index in [1.165, 1.54) is 19.3 Å². The monoisotopic (exact) mass is 219 g/mol. The first kappa shape index (κ1) is 11.0. The Morgan fingerprint density at radius 3 is 2.75 bits per heavy atom. The van der Waals surface area contributed by atoms with Gasteiger partial charge >= 0.3 is 0 Å². The molecule has 86 valence electrons. The van der Waals surface area contributed by atoms with Crippen LogP contribution >= 0.6 is 0 Å². The van der Waals surface area contributed by atoms with Gasteiger partial charge in [0.05, 0.1) is 5.69 Å². The fourth-order valence-electron chi connectivity index (χ4n) is 2.09. The molecule has 4 heteroatoms. The number of aromatic nitrogens is 2. The summed E-state index contributed by atoms with van der Waals surface area (Å²) in [5.74, 6) is 1.73. The van der Waals surface area contributed by atoms with Crippen molar-refractivity contribution < 1.29 is 4.79 Å². The molecule has 1 aromatic heterocycles. The largest absolute Gasteiger partial charge is 0.357 e. The predicted molar refractivity (Wildman–Crippen MR) is 62.6 cm³/mol. The zero-order chi connectivity index (χ0) is 11.4. The number of carbonyl (C=O) groups excluding carboxylic acids is 1. The van der Waals surface area contributed by atoms with Gasteiger partial charge in [-0.3, -0.25) is 0 Å². The molecule has 0 saturated carbocycles. The standard InChI is InChI=1S/C12H17N3O/c1-10-13-11(5-8-16)9-12(14-10)15-6-3-2-4-7-15/h8-9H,2-7H2,1H3. The molecule has 0 bridgehead atoms. The van der Waals surface area contributed by atoms with E-state index in [0.717, 1.165) is 36.7 Å². The molecular weight excluding hydrogens is 202 g/mol. The van der Waals surface area contributed by atoms with E-state index in [4.69, 9.17) is 0 Å². The van der Waals surface area contributed by atoms with Crippen LogP contribution in [0.25, 0.3) is 0 Å². The summed E-state index contributed by atoms with van der Waals surface area (Å²) in [6.07, 6.45) is 5.03. The first-order chi connectivity index (χ1) is 7.79. The van der Waals surface area contributed by atoms with Crippen LogP contribution in [-0.2, 0) is 11.2 Å². The predicted octanol–water partition coefficient (Wildman–Crippen LogP) is 1.52. The lowest BCUT2D eigenvalue weighted by atomic mass is 10.1. The van der Waals surface area contributed by atoms with Gasteiger partial charge in [-0.05, 0) is 26.2 Å². The maximum Gasteiger partial charge on any atom is 0.132 e. The van der Waals surface area contributed by atoms with Crippen LogP contribution in [0.2, 0.25) is 0 Å². The summed E-state index contributed by atoms with van der Waals surface area (Å²) in [5.41, 5.74) is 0.822. The van der Waals surface area contributed by atoms with Crippen LogP contribution in [0, 0.1) is 6.92 Å². The highest BCUT2D eigenvalue weighted by Crippen LogP contribution is 2.18. The van der Waals surface area contributed by atoms with Crippen LogP contribution in [0.4, 0.5) is 5.82 Å². The lowest BCUT2D eigenvalue weighted by molar-refractivity contribution is -0.107. The molecule has 0 radical (unpaired) electrons. The SMILES string of the molecule is Cc1nc(CC=O)cc(N2CCCCC2)n1. The zero-order valence-corrected chi connectivity index (χ0v) is 9.65. The zero-order valence-electron chi connectivity index (χ0n) is 9.65. The third-order valence-electron chi connectivity index (χ3n) is 2.85. The van der Waals surface area contributed by atoms with Gasteiger partial charge in [0.15, 0.2) is 0 Å². The Hall–Kier alpha value is -1.45. The summed E-state index contributed by atoms with van der Waals surface area (Å²) in [6, 6.07) is 1.94. The van der Waals surface area contributed by atoms with Crippen molar-refractivity contribution in [3.05, 3.63) is 17.6 Å². The number of aryl methyl sites for hydroxylation is 1. The molecule has 16 heavy (non-hydrogen) atoms. The van der Waals surface area contributed by atoms with Crippen molar-refractivity contribution in [3.8, 4) is 0 Å². The van der Waals surface area contributed by atoms with Crippen molar-refractivity contribution in [2.24, 2.45) is 0 Å². The molecular formula is C12H17N3O. The third kappa shape index (κ3) is 2.56. The molecule has 0 atom stereocenters. The van der Waals surface area contributed by atoms with Crippen LogP contribution < -0.4 is 4.90 Å². The molecule has 1 saturated heterocycles. The van der Waals surface area contributed by atoms with Crippen LogP contribution in [0.15, 0.2) is 6.07 Å². The molecule has 1 aliphatic rings. The highest BCUT2D eigenvalue weighted by atomic mass is 16.1. The molecule has 1 fully saturated rings. The van der Waals surface area contributed by atoms with Gasteiger partial charge in [-0.2, -0.15) is 0 Å². The van der Waals surface area contributed by atoms with Gasteiger partial charge in [-0.1, -0.05) is 0 Å². The first-order valence-corrected chi connectivity index (χ1v) is 5.83. The topological polar surface area (TPSA) is 46.1 Å². The summed E-state index contributed by atoms with van der Waals surface area (Å²) in [7, 11) is 0. The Balaban J connectivity index is 2.21. The van der Waals surface area contributed by atoms with Gasteiger partial charge < -0.3 is 9.69 Å². The maximum atomic E-state index is 10.5. The number of hydrogen-bond acceptors (Lipinski definition) is 4. The lowest BCUT2D eigenvalue weighted by Gasteiger charge is -2.28. The van der Waals surface area contributed by atoms with Crippen molar-refractivity contribution in [1.82, 2.24) is 9.97 Å². The van der Waals surface area contributed by atoms with Crippen molar-refractivity contribution in [3.63, 3.8) is 0 Å². The van der Waals surface area contributed by atoms with E-state index in [2.05, 4.69) is 14.9 Å². The molecule has 0 spiro atoms. The van der Waals surface area contributed by atoms with E-state index in [1.807, 2.05) is 13.0 Å². The fraction of sp³-hybridized carbons (Fsp3) is 0.583. The highest BCUT2D eigenvalue weighted by molar-refractivity contribution is 5.55. The van der Waals surface area contributed by atoms with E-state index in [0.29, 0.717) is 6.42 Å².